The summed E-state index contributed by atoms with van der Waals surface area (Å²) in [6, 6.07) is 13.9. The molecule has 0 bridgehead atoms. The molecule has 0 aliphatic carbocycles. The average Bonchev–Trinajstić information content (AvgIpc) is 3.31. The molecule has 0 spiro atoms. The highest BCUT2D eigenvalue weighted by Gasteiger charge is 2.14. The highest BCUT2D eigenvalue weighted by atomic mass is 15.1. The van der Waals surface area contributed by atoms with E-state index in [0.29, 0.717) is 5.56 Å². The molecule has 0 heterocycles. The van der Waals surface area contributed by atoms with Gasteiger partial charge in [0.15, 0.2) is 0 Å². The van der Waals surface area contributed by atoms with E-state index in [2.05, 4.69) is 6.07 Å². The molecule has 0 unspecified atom stereocenters. The van der Waals surface area contributed by atoms with E-state index in [1.807, 2.05) is 60.7 Å². The molecule has 0 amide bonds. The Bertz CT molecular complexity index is 3060. The topological polar surface area (TPSA) is 3.24 Å². The van der Waals surface area contributed by atoms with E-state index in [4.69, 9.17) is 19.2 Å². The Labute approximate surface area is 302 Å². The van der Waals surface area contributed by atoms with E-state index < -0.39 is 142 Å². The molecular weight excluding hydrogens is 567 g/mol. The molecule has 0 saturated heterocycles. The summed E-state index contributed by atoms with van der Waals surface area (Å²) in [6.45, 7) is 0. The Morgan fingerprint density at radius 1 is 0.298 bits per heavy atom. The standard InChI is InChI=1S/C46H33N/c1-3-10-34(11-4-1)37-20-26-44(27-21-37)47(45-28-22-38(23-29-45)35-12-5-2-6-13-35)46-30-24-39(25-31-46)41-16-9-17-42(32-41)43-19-18-36-14-7-8-15-40(36)33-43/h1-33H/i1D,2D,3D,4D,5D,6D,10D,11D,12D,13D,20D,21D,22D,23D,26D,27D,28D,29D. The van der Waals surface area contributed by atoms with Crippen LogP contribution >= 0.6 is 0 Å². The molecule has 0 atom stereocenters. The van der Waals surface area contributed by atoms with Crippen molar-refractivity contribution in [3.05, 3.63) is 200 Å². The predicted octanol–water partition coefficient (Wildman–Crippen LogP) is 13.0. The summed E-state index contributed by atoms with van der Waals surface area (Å²) < 4.78 is 157. The minimum Gasteiger partial charge on any atom is -0.311 e. The van der Waals surface area contributed by atoms with Crippen molar-refractivity contribution in [2.75, 3.05) is 4.90 Å². The molecule has 0 radical (unpaired) electrons. The number of anilines is 3. The van der Waals surface area contributed by atoms with Crippen molar-refractivity contribution in [2.45, 2.75) is 0 Å². The van der Waals surface area contributed by atoms with Gasteiger partial charge in [0, 0.05) is 17.1 Å². The molecule has 8 rings (SSSR count). The summed E-state index contributed by atoms with van der Waals surface area (Å²) in [6.07, 6.45) is 0. The van der Waals surface area contributed by atoms with Gasteiger partial charge >= 0.3 is 0 Å². The lowest BCUT2D eigenvalue weighted by Crippen LogP contribution is -2.09. The van der Waals surface area contributed by atoms with E-state index in [1.165, 1.54) is 12.1 Å². The normalized spacial score (nSPS) is 16.3. The second-order valence-electron chi connectivity index (χ2n) is 10.5. The van der Waals surface area contributed by atoms with Crippen LogP contribution in [0.5, 0.6) is 0 Å². The highest BCUT2D eigenvalue weighted by molar-refractivity contribution is 5.88. The quantitative estimate of drug-likeness (QED) is 0.172. The molecule has 47 heavy (non-hydrogen) atoms. The molecule has 1 heteroatoms. The SMILES string of the molecule is [2H]c1c([2H])c([2H])c(-c2c([2H])c([2H])c(N(c3ccc(-c4cccc(-c5ccc6ccccc6c5)c4)cc3)c3c([2H])c([2H])c(-c4c([2H])c([2H])c([2H])c([2H])c4[2H])c([2H])c3[2H])c([2H])c2[2H])c([2H])c1[2H]. The molecule has 0 aromatic heterocycles. The van der Waals surface area contributed by atoms with Crippen molar-refractivity contribution in [1.82, 2.24) is 0 Å². The van der Waals surface area contributed by atoms with Crippen LogP contribution in [-0.4, -0.2) is 0 Å². The molecule has 8 aromatic rings. The Balaban J connectivity index is 1.36. The number of nitrogens with zero attached hydrogens (tertiary/aromatic N) is 1. The van der Waals surface area contributed by atoms with E-state index in [1.54, 1.807) is 12.1 Å². The second kappa shape index (κ2) is 12.7. The van der Waals surface area contributed by atoms with E-state index in [0.717, 1.165) is 32.4 Å². The van der Waals surface area contributed by atoms with Crippen molar-refractivity contribution in [1.29, 1.82) is 0 Å². The van der Waals surface area contributed by atoms with Gasteiger partial charge in [-0.25, -0.2) is 0 Å². The summed E-state index contributed by atoms with van der Waals surface area (Å²) in [7, 11) is 0. The maximum atomic E-state index is 9.31. The first-order valence-electron chi connectivity index (χ1n) is 23.6. The summed E-state index contributed by atoms with van der Waals surface area (Å²) in [4.78, 5) is 0.994. The van der Waals surface area contributed by atoms with E-state index in [9.17, 15) is 5.48 Å². The molecule has 0 aliphatic heterocycles. The molecular formula is C46H33N. The second-order valence-corrected chi connectivity index (χ2v) is 10.5. The van der Waals surface area contributed by atoms with Gasteiger partial charge in [0.05, 0.1) is 24.7 Å². The zero-order chi connectivity index (χ0) is 47.1. The first-order chi connectivity index (χ1) is 30.8. The maximum absolute atomic E-state index is 9.31. The van der Waals surface area contributed by atoms with Crippen LogP contribution in [0.4, 0.5) is 17.1 Å². The fourth-order valence-electron chi connectivity index (χ4n) is 5.26. The fourth-order valence-corrected chi connectivity index (χ4v) is 5.26. The summed E-state index contributed by atoms with van der Waals surface area (Å²) in [5.74, 6) is 0. The van der Waals surface area contributed by atoms with E-state index >= 15 is 0 Å². The number of hydrogen-bond donors (Lipinski definition) is 0. The van der Waals surface area contributed by atoms with Crippen molar-refractivity contribution in [3.8, 4) is 44.5 Å². The molecule has 0 saturated carbocycles. The molecule has 0 N–H and O–H groups in total. The average molecular weight is 618 g/mol. The number of benzene rings is 8. The molecule has 0 aliphatic rings. The zero-order valence-corrected chi connectivity index (χ0v) is 24.6. The van der Waals surface area contributed by atoms with Gasteiger partial charge in [0.1, 0.15) is 0 Å². The van der Waals surface area contributed by atoms with Crippen LogP contribution in [0.3, 0.4) is 0 Å². The minimum atomic E-state index is -0.835. The van der Waals surface area contributed by atoms with Crippen molar-refractivity contribution < 1.29 is 24.7 Å². The van der Waals surface area contributed by atoms with Crippen LogP contribution in [0, 0.1) is 0 Å². The first-order valence-corrected chi connectivity index (χ1v) is 14.6. The number of rotatable bonds is 7. The maximum Gasteiger partial charge on any atom is 0.0645 e. The lowest BCUT2D eigenvalue weighted by atomic mass is 9.97. The molecule has 8 aromatic carbocycles. The van der Waals surface area contributed by atoms with Crippen LogP contribution < -0.4 is 4.90 Å². The Morgan fingerprint density at radius 2 is 0.766 bits per heavy atom. The van der Waals surface area contributed by atoms with Gasteiger partial charge in [-0.1, -0.05) is 151 Å². The van der Waals surface area contributed by atoms with Gasteiger partial charge in [-0.3, -0.25) is 0 Å². The third-order valence-corrected chi connectivity index (χ3v) is 7.58. The summed E-state index contributed by atoms with van der Waals surface area (Å²) in [5, 5.41) is 2.15. The third-order valence-electron chi connectivity index (χ3n) is 7.58. The minimum absolute atomic E-state index is 0.0344. The summed E-state index contributed by atoms with van der Waals surface area (Å²) >= 11 is 0. The number of fused-ring (bicyclic) bond motifs is 1. The highest BCUT2D eigenvalue weighted by Crippen LogP contribution is 2.38. The lowest BCUT2D eigenvalue weighted by molar-refractivity contribution is 1.28. The smallest absolute Gasteiger partial charge is 0.0645 e. The molecule has 222 valence electrons. The van der Waals surface area contributed by atoms with Crippen LogP contribution in [0.2, 0.25) is 0 Å². The largest absolute Gasteiger partial charge is 0.311 e. The van der Waals surface area contributed by atoms with Gasteiger partial charge < -0.3 is 4.90 Å². The van der Waals surface area contributed by atoms with Gasteiger partial charge in [-0.15, -0.1) is 0 Å². The Hall–Kier alpha value is -6.18. The first kappa shape index (κ1) is 14.9. The van der Waals surface area contributed by atoms with Gasteiger partial charge in [0.2, 0.25) is 0 Å². The van der Waals surface area contributed by atoms with Gasteiger partial charge in [-0.05, 0) is 104 Å². The van der Waals surface area contributed by atoms with Gasteiger partial charge in [0.25, 0.3) is 0 Å². The Morgan fingerprint density at radius 3 is 1.34 bits per heavy atom. The molecule has 0 fully saturated rings. The zero-order valence-electron chi connectivity index (χ0n) is 42.6. The monoisotopic (exact) mass is 617 g/mol. The lowest BCUT2D eigenvalue weighted by Gasteiger charge is -2.26. The van der Waals surface area contributed by atoms with Crippen LogP contribution in [0.15, 0.2) is 200 Å². The predicted molar refractivity (Wildman–Crippen MR) is 200 cm³/mol. The summed E-state index contributed by atoms with van der Waals surface area (Å²) in [5.41, 5.74) is -0.177. The van der Waals surface area contributed by atoms with Crippen LogP contribution in [0.1, 0.15) is 24.7 Å². The molecule has 1 nitrogen and oxygen atoms in total. The Kier molecular flexibility index (Phi) is 4.03. The van der Waals surface area contributed by atoms with Crippen molar-refractivity contribution in [2.24, 2.45) is 0 Å². The van der Waals surface area contributed by atoms with Gasteiger partial charge in [-0.2, -0.15) is 0 Å². The van der Waals surface area contributed by atoms with Crippen molar-refractivity contribution >= 4 is 27.8 Å². The van der Waals surface area contributed by atoms with Crippen LogP contribution in [0.25, 0.3) is 55.3 Å². The van der Waals surface area contributed by atoms with Crippen molar-refractivity contribution in [3.63, 3.8) is 0 Å². The van der Waals surface area contributed by atoms with Crippen LogP contribution in [-0.2, 0) is 0 Å². The third kappa shape index (κ3) is 5.95. The van der Waals surface area contributed by atoms with E-state index in [-0.39, 0.29) is 5.69 Å². The fraction of sp³-hybridized carbons (Fsp3) is 0. The number of hydrogen-bond acceptors (Lipinski definition) is 1.